The van der Waals surface area contributed by atoms with Crippen molar-refractivity contribution in [1.29, 1.82) is 0 Å². The molecule has 0 aromatic heterocycles. The van der Waals surface area contributed by atoms with E-state index < -0.39 is 24.4 Å². The standard InChI is InChI=1S/C24H46O5/c1-2-3-4-5-6-7-8-9-10-11-12-13-14-15-16-17-18-28-24-21(26)20-29-22(19-25)23(24)27/h6-7,21-27H,2-5,8-20H2,1H3/b7-6+/t21-,22+,23+,24+/m0/s1. The van der Waals surface area contributed by atoms with Crippen LogP contribution in [0.3, 0.4) is 0 Å². The van der Waals surface area contributed by atoms with Gasteiger partial charge in [-0.15, -0.1) is 0 Å². The number of rotatable bonds is 18. The van der Waals surface area contributed by atoms with Gasteiger partial charge in [0.1, 0.15) is 24.4 Å². The Morgan fingerprint density at radius 3 is 1.97 bits per heavy atom. The van der Waals surface area contributed by atoms with Crippen molar-refractivity contribution in [2.75, 3.05) is 19.8 Å². The number of aliphatic hydroxyl groups excluding tert-OH is 3. The fraction of sp³-hybridized carbons (Fsp3) is 0.917. The van der Waals surface area contributed by atoms with E-state index in [0.29, 0.717) is 6.61 Å². The average Bonchev–Trinajstić information content (AvgIpc) is 2.72. The Morgan fingerprint density at radius 2 is 1.38 bits per heavy atom. The minimum atomic E-state index is -0.972. The Kier molecular flexibility index (Phi) is 16.8. The molecule has 5 nitrogen and oxygen atoms in total. The molecule has 0 aromatic carbocycles. The van der Waals surface area contributed by atoms with Gasteiger partial charge in [-0.3, -0.25) is 0 Å². The van der Waals surface area contributed by atoms with E-state index in [-0.39, 0.29) is 13.2 Å². The summed E-state index contributed by atoms with van der Waals surface area (Å²) in [4.78, 5) is 0. The topological polar surface area (TPSA) is 79.2 Å². The molecule has 0 saturated carbocycles. The highest BCUT2D eigenvalue weighted by Crippen LogP contribution is 2.19. The van der Waals surface area contributed by atoms with Crippen LogP contribution in [0.5, 0.6) is 0 Å². The molecule has 172 valence electrons. The largest absolute Gasteiger partial charge is 0.394 e. The summed E-state index contributed by atoms with van der Waals surface area (Å²) < 4.78 is 10.8. The molecule has 1 aliphatic heterocycles. The number of hydrogen-bond acceptors (Lipinski definition) is 5. The van der Waals surface area contributed by atoms with Gasteiger partial charge in [0.2, 0.25) is 0 Å². The highest BCUT2D eigenvalue weighted by molar-refractivity contribution is 4.87. The van der Waals surface area contributed by atoms with Gasteiger partial charge in [0, 0.05) is 6.61 Å². The predicted octanol–water partition coefficient (Wildman–Crippen LogP) is 4.52. The van der Waals surface area contributed by atoms with E-state index in [2.05, 4.69) is 19.1 Å². The van der Waals surface area contributed by atoms with Gasteiger partial charge in [-0.2, -0.15) is 0 Å². The first-order chi connectivity index (χ1) is 14.2. The lowest BCUT2D eigenvalue weighted by Gasteiger charge is -2.37. The molecule has 0 radical (unpaired) electrons. The van der Waals surface area contributed by atoms with E-state index in [1.807, 2.05) is 0 Å². The Labute approximate surface area is 178 Å². The molecular formula is C24H46O5. The Balaban J connectivity index is 1.85. The summed E-state index contributed by atoms with van der Waals surface area (Å²) in [6.07, 6.45) is 19.3. The number of hydrogen-bond donors (Lipinski definition) is 3. The molecule has 1 saturated heterocycles. The minimum Gasteiger partial charge on any atom is -0.394 e. The fourth-order valence-corrected chi connectivity index (χ4v) is 3.79. The summed E-state index contributed by atoms with van der Waals surface area (Å²) in [7, 11) is 0. The second-order valence-corrected chi connectivity index (χ2v) is 8.39. The van der Waals surface area contributed by atoms with Crippen molar-refractivity contribution in [3.8, 4) is 0 Å². The van der Waals surface area contributed by atoms with Gasteiger partial charge < -0.3 is 24.8 Å². The van der Waals surface area contributed by atoms with Gasteiger partial charge in [0.05, 0.1) is 13.2 Å². The van der Waals surface area contributed by atoms with E-state index in [4.69, 9.17) is 14.6 Å². The van der Waals surface area contributed by atoms with Gasteiger partial charge in [0.25, 0.3) is 0 Å². The second kappa shape index (κ2) is 18.3. The maximum atomic E-state index is 10.1. The zero-order valence-corrected chi connectivity index (χ0v) is 18.6. The summed E-state index contributed by atoms with van der Waals surface area (Å²) in [5.41, 5.74) is 0. The molecule has 1 fully saturated rings. The summed E-state index contributed by atoms with van der Waals surface area (Å²) in [6.45, 7) is 2.62. The van der Waals surface area contributed by atoms with Gasteiger partial charge >= 0.3 is 0 Å². The zero-order chi connectivity index (χ0) is 21.2. The lowest BCUT2D eigenvalue weighted by Crippen LogP contribution is -2.55. The predicted molar refractivity (Wildman–Crippen MR) is 118 cm³/mol. The minimum absolute atomic E-state index is 0.0994. The smallest absolute Gasteiger partial charge is 0.114 e. The van der Waals surface area contributed by atoms with E-state index in [1.165, 1.54) is 77.0 Å². The highest BCUT2D eigenvalue weighted by atomic mass is 16.6. The van der Waals surface area contributed by atoms with Crippen LogP contribution in [0.2, 0.25) is 0 Å². The van der Waals surface area contributed by atoms with Crippen molar-refractivity contribution in [2.45, 2.75) is 121 Å². The van der Waals surface area contributed by atoms with Crippen LogP contribution in [-0.4, -0.2) is 59.6 Å². The Bertz CT molecular complexity index is 387. The van der Waals surface area contributed by atoms with Crippen LogP contribution >= 0.6 is 0 Å². The Hall–Kier alpha value is -0.460. The first-order valence-corrected chi connectivity index (χ1v) is 12.1. The normalized spacial score (nSPS) is 25.1. The zero-order valence-electron chi connectivity index (χ0n) is 18.6. The highest BCUT2D eigenvalue weighted by Gasteiger charge is 2.38. The molecule has 0 bridgehead atoms. The summed E-state index contributed by atoms with van der Waals surface area (Å²) in [6, 6.07) is 0. The first kappa shape index (κ1) is 26.6. The SMILES string of the molecule is CCCCC/C=C/CCCCCCCCCCCO[C@H]1[C@H](O)[C@@H](CO)OC[C@@H]1O. The van der Waals surface area contributed by atoms with Crippen LogP contribution in [0.4, 0.5) is 0 Å². The molecular weight excluding hydrogens is 368 g/mol. The second-order valence-electron chi connectivity index (χ2n) is 8.39. The third-order valence-corrected chi connectivity index (χ3v) is 5.72. The van der Waals surface area contributed by atoms with E-state index >= 15 is 0 Å². The lowest BCUT2D eigenvalue weighted by atomic mass is 10.0. The van der Waals surface area contributed by atoms with Crippen molar-refractivity contribution in [3.63, 3.8) is 0 Å². The molecule has 1 heterocycles. The van der Waals surface area contributed by atoms with Crippen LogP contribution in [0.1, 0.15) is 96.8 Å². The van der Waals surface area contributed by atoms with Crippen LogP contribution < -0.4 is 0 Å². The summed E-state index contributed by atoms with van der Waals surface area (Å²) in [5.74, 6) is 0. The molecule has 1 rings (SSSR count). The molecule has 0 unspecified atom stereocenters. The van der Waals surface area contributed by atoms with Crippen molar-refractivity contribution in [2.24, 2.45) is 0 Å². The summed E-state index contributed by atoms with van der Waals surface area (Å²) in [5, 5.41) is 29.1. The maximum absolute atomic E-state index is 10.1. The van der Waals surface area contributed by atoms with Gasteiger partial charge in [-0.05, 0) is 32.1 Å². The maximum Gasteiger partial charge on any atom is 0.114 e. The summed E-state index contributed by atoms with van der Waals surface area (Å²) >= 11 is 0. The van der Waals surface area contributed by atoms with Crippen molar-refractivity contribution in [1.82, 2.24) is 0 Å². The van der Waals surface area contributed by atoms with Gasteiger partial charge in [0.15, 0.2) is 0 Å². The Morgan fingerprint density at radius 1 is 0.828 bits per heavy atom. The monoisotopic (exact) mass is 414 g/mol. The van der Waals surface area contributed by atoms with Crippen molar-refractivity contribution < 1.29 is 24.8 Å². The van der Waals surface area contributed by atoms with Crippen LogP contribution in [0.15, 0.2) is 12.2 Å². The van der Waals surface area contributed by atoms with E-state index in [9.17, 15) is 10.2 Å². The first-order valence-electron chi connectivity index (χ1n) is 12.1. The molecule has 0 aliphatic carbocycles. The third kappa shape index (κ3) is 12.7. The number of ether oxygens (including phenoxy) is 2. The molecule has 3 N–H and O–H groups in total. The number of aliphatic hydroxyl groups is 3. The van der Waals surface area contributed by atoms with Crippen LogP contribution in [0.25, 0.3) is 0 Å². The quantitative estimate of drug-likeness (QED) is 0.227. The fourth-order valence-electron chi connectivity index (χ4n) is 3.79. The molecule has 29 heavy (non-hydrogen) atoms. The third-order valence-electron chi connectivity index (χ3n) is 5.72. The van der Waals surface area contributed by atoms with Crippen LogP contribution in [-0.2, 0) is 9.47 Å². The average molecular weight is 415 g/mol. The number of unbranched alkanes of at least 4 members (excludes halogenated alkanes) is 12. The molecule has 0 spiro atoms. The molecule has 1 aliphatic rings. The lowest BCUT2D eigenvalue weighted by molar-refractivity contribution is -0.210. The molecule has 0 aromatic rings. The van der Waals surface area contributed by atoms with Crippen molar-refractivity contribution >= 4 is 0 Å². The molecule has 5 heteroatoms. The number of allylic oxidation sites excluding steroid dienone is 2. The van der Waals surface area contributed by atoms with Crippen molar-refractivity contribution in [3.05, 3.63) is 12.2 Å². The van der Waals surface area contributed by atoms with Gasteiger partial charge in [-0.25, -0.2) is 0 Å². The molecule has 4 atom stereocenters. The van der Waals surface area contributed by atoms with Crippen LogP contribution in [0, 0.1) is 0 Å². The van der Waals surface area contributed by atoms with Gasteiger partial charge in [-0.1, -0.05) is 76.9 Å². The van der Waals surface area contributed by atoms with E-state index in [0.717, 1.165) is 12.8 Å². The molecule has 0 amide bonds. The van der Waals surface area contributed by atoms with E-state index in [1.54, 1.807) is 0 Å².